The molecule has 0 radical (unpaired) electrons. The Labute approximate surface area is 133 Å². The lowest BCUT2D eigenvalue weighted by Crippen LogP contribution is -2.37. The van der Waals surface area contributed by atoms with Gasteiger partial charge in [0, 0.05) is 30.9 Å². The topological polar surface area (TPSA) is 102 Å². The molecule has 0 unspecified atom stereocenters. The standard InChI is InChI=1S/C15H21N5O3/c1-10(8-19-12(3)6-11(2)17-19)7-16-14(22)9-20-15(23)5-4-13(21)18-20/h4-6,10H,7-9H2,1-3H3,(H,16,22)(H,18,21)/t10-/m1/s1. The molecule has 0 fully saturated rings. The number of H-pyrrole nitrogens is 1. The number of nitrogens with one attached hydrogen (secondary N) is 2. The van der Waals surface area contributed by atoms with Crippen LogP contribution in [0.2, 0.25) is 0 Å². The number of amides is 1. The molecule has 23 heavy (non-hydrogen) atoms. The second-order valence-corrected chi connectivity index (χ2v) is 5.75. The summed E-state index contributed by atoms with van der Waals surface area (Å²) >= 11 is 0. The predicted molar refractivity (Wildman–Crippen MR) is 85.2 cm³/mol. The van der Waals surface area contributed by atoms with Crippen LogP contribution in [0.5, 0.6) is 0 Å². The Kier molecular flexibility index (Phi) is 5.15. The number of aromatic nitrogens is 4. The number of aryl methyl sites for hydroxylation is 2. The van der Waals surface area contributed by atoms with Crippen molar-refractivity contribution >= 4 is 5.91 Å². The molecule has 0 bridgehead atoms. The summed E-state index contributed by atoms with van der Waals surface area (Å²) in [6, 6.07) is 4.27. The fraction of sp³-hybridized carbons (Fsp3) is 0.467. The summed E-state index contributed by atoms with van der Waals surface area (Å²) in [6.45, 7) is 6.89. The SMILES string of the molecule is Cc1cc(C)n(C[C@H](C)CNC(=O)Cn2[nH]c(=O)ccc2=O)n1. The molecule has 0 saturated carbocycles. The Morgan fingerprint density at radius 1 is 1.35 bits per heavy atom. The average molecular weight is 319 g/mol. The van der Waals surface area contributed by atoms with E-state index in [1.165, 1.54) is 0 Å². The van der Waals surface area contributed by atoms with E-state index in [-0.39, 0.29) is 18.4 Å². The molecule has 0 spiro atoms. The fourth-order valence-electron chi connectivity index (χ4n) is 2.29. The molecule has 0 aliphatic heterocycles. The first kappa shape index (κ1) is 16.7. The quantitative estimate of drug-likeness (QED) is 0.770. The van der Waals surface area contributed by atoms with Crippen molar-refractivity contribution in [3.8, 4) is 0 Å². The third kappa shape index (κ3) is 4.67. The van der Waals surface area contributed by atoms with Crippen LogP contribution in [0.1, 0.15) is 18.3 Å². The van der Waals surface area contributed by atoms with Crippen LogP contribution in [0.15, 0.2) is 27.8 Å². The van der Waals surface area contributed by atoms with Crippen LogP contribution in [0.25, 0.3) is 0 Å². The molecule has 0 saturated heterocycles. The highest BCUT2D eigenvalue weighted by Gasteiger charge is 2.10. The van der Waals surface area contributed by atoms with Gasteiger partial charge in [0.15, 0.2) is 0 Å². The molecular weight excluding hydrogens is 298 g/mol. The lowest BCUT2D eigenvalue weighted by molar-refractivity contribution is -0.122. The Balaban J connectivity index is 1.86. The molecule has 2 aromatic heterocycles. The summed E-state index contributed by atoms with van der Waals surface area (Å²) in [5.74, 6) is -0.141. The van der Waals surface area contributed by atoms with Crippen molar-refractivity contribution in [2.24, 2.45) is 5.92 Å². The first-order valence-corrected chi connectivity index (χ1v) is 7.43. The molecule has 0 aromatic carbocycles. The van der Waals surface area contributed by atoms with Crippen LogP contribution in [0, 0.1) is 19.8 Å². The third-order valence-electron chi connectivity index (χ3n) is 3.43. The Morgan fingerprint density at radius 3 is 2.74 bits per heavy atom. The fourth-order valence-corrected chi connectivity index (χ4v) is 2.29. The number of hydrogen-bond acceptors (Lipinski definition) is 4. The predicted octanol–water partition coefficient (Wildman–Crippen LogP) is -0.198. The van der Waals surface area contributed by atoms with Gasteiger partial charge in [-0.15, -0.1) is 0 Å². The Morgan fingerprint density at radius 2 is 2.09 bits per heavy atom. The van der Waals surface area contributed by atoms with E-state index in [1.54, 1.807) is 0 Å². The van der Waals surface area contributed by atoms with Gasteiger partial charge in [-0.25, -0.2) is 4.68 Å². The molecule has 124 valence electrons. The zero-order valence-electron chi connectivity index (χ0n) is 13.5. The van der Waals surface area contributed by atoms with Gasteiger partial charge < -0.3 is 5.32 Å². The summed E-state index contributed by atoms with van der Waals surface area (Å²) in [6.07, 6.45) is 0. The van der Waals surface area contributed by atoms with Gasteiger partial charge in [-0.05, 0) is 25.8 Å². The van der Waals surface area contributed by atoms with E-state index in [9.17, 15) is 14.4 Å². The number of aromatic amines is 1. The number of nitrogens with zero attached hydrogens (tertiary/aromatic N) is 3. The Hall–Kier alpha value is -2.64. The highest BCUT2D eigenvalue weighted by atomic mass is 16.2. The highest BCUT2D eigenvalue weighted by molar-refractivity contribution is 5.75. The first-order chi connectivity index (χ1) is 10.8. The molecular formula is C15H21N5O3. The van der Waals surface area contributed by atoms with Gasteiger partial charge in [-0.3, -0.25) is 24.2 Å². The number of carbonyl (C=O) groups is 1. The van der Waals surface area contributed by atoms with Crippen LogP contribution in [0.4, 0.5) is 0 Å². The molecule has 2 rings (SSSR count). The lowest BCUT2D eigenvalue weighted by atomic mass is 10.2. The van der Waals surface area contributed by atoms with Gasteiger partial charge in [0.25, 0.3) is 11.1 Å². The van der Waals surface area contributed by atoms with Crippen LogP contribution >= 0.6 is 0 Å². The van der Waals surface area contributed by atoms with Gasteiger partial charge >= 0.3 is 0 Å². The summed E-state index contributed by atoms with van der Waals surface area (Å²) in [4.78, 5) is 34.6. The molecule has 2 N–H and O–H groups in total. The second-order valence-electron chi connectivity index (χ2n) is 5.75. The van der Waals surface area contributed by atoms with Crippen molar-refractivity contribution in [3.05, 3.63) is 50.3 Å². The van der Waals surface area contributed by atoms with Crippen LogP contribution < -0.4 is 16.4 Å². The summed E-state index contributed by atoms with van der Waals surface area (Å²) in [7, 11) is 0. The summed E-state index contributed by atoms with van der Waals surface area (Å²) in [5, 5.41) is 9.47. The van der Waals surface area contributed by atoms with Gasteiger partial charge in [-0.1, -0.05) is 6.92 Å². The minimum absolute atomic E-state index is 0.184. The molecule has 1 amide bonds. The zero-order chi connectivity index (χ0) is 17.0. The molecule has 1 atom stereocenters. The maximum absolute atomic E-state index is 11.9. The largest absolute Gasteiger partial charge is 0.354 e. The van der Waals surface area contributed by atoms with Crippen molar-refractivity contribution in [1.82, 2.24) is 24.9 Å². The van der Waals surface area contributed by atoms with E-state index in [2.05, 4.69) is 15.5 Å². The lowest BCUT2D eigenvalue weighted by Gasteiger charge is -2.14. The van der Waals surface area contributed by atoms with E-state index < -0.39 is 11.1 Å². The third-order valence-corrected chi connectivity index (χ3v) is 3.43. The van der Waals surface area contributed by atoms with Gasteiger partial charge in [0.1, 0.15) is 6.54 Å². The maximum Gasteiger partial charge on any atom is 0.265 e. The summed E-state index contributed by atoms with van der Waals surface area (Å²) < 4.78 is 2.90. The van der Waals surface area contributed by atoms with Crippen LogP contribution in [-0.2, 0) is 17.9 Å². The van der Waals surface area contributed by atoms with Crippen LogP contribution in [-0.4, -0.2) is 32.0 Å². The van der Waals surface area contributed by atoms with E-state index in [0.717, 1.165) is 28.2 Å². The van der Waals surface area contributed by atoms with E-state index in [1.807, 2.05) is 31.5 Å². The molecule has 0 aliphatic carbocycles. The second kappa shape index (κ2) is 7.08. The highest BCUT2D eigenvalue weighted by Crippen LogP contribution is 2.05. The number of hydrogen-bond donors (Lipinski definition) is 2. The monoisotopic (exact) mass is 319 g/mol. The maximum atomic E-state index is 11.9. The average Bonchev–Trinajstić information content (AvgIpc) is 2.78. The van der Waals surface area contributed by atoms with Crippen molar-refractivity contribution in [2.45, 2.75) is 33.9 Å². The molecule has 2 heterocycles. The molecule has 8 nitrogen and oxygen atoms in total. The number of rotatable bonds is 6. The van der Waals surface area contributed by atoms with Gasteiger partial charge in [0.2, 0.25) is 5.91 Å². The molecule has 8 heteroatoms. The van der Waals surface area contributed by atoms with Crippen molar-refractivity contribution in [2.75, 3.05) is 6.54 Å². The van der Waals surface area contributed by atoms with Crippen LogP contribution in [0.3, 0.4) is 0 Å². The number of carbonyl (C=O) groups excluding carboxylic acids is 1. The van der Waals surface area contributed by atoms with Crippen molar-refractivity contribution < 1.29 is 4.79 Å². The molecule has 2 aromatic rings. The van der Waals surface area contributed by atoms with Gasteiger partial charge in [0.05, 0.1) is 5.69 Å². The van der Waals surface area contributed by atoms with E-state index in [0.29, 0.717) is 13.1 Å². The Bertz CT molecular complexity index is 802. The van der Waals surface area contributed by atoms with Gasteiger partial charge in [-0.2, -0.15) is 5.10 Å². The minimum atomic E-state index is -0.421. The normalized spacial score (nSPS) is 12.1. The first-order valence-electron chi connectivity index (χ1n) is 7.43. The zero-order valence-corrected chi connectivity index (χ0v) is 13.5. The smallest absolute Gasteiger partial charge is 0.265 e. The summed E-state index contributed by atoms with van der Waals surface area (Å²) in [5.41, 5.74) is 1.20. The minimum Gasteiger partial charge on any atom is -0.354 e. The van der Waals surface area contributed by atoms with E-state index in [4.69, 9.17) is 0 Å². The molecule has 0 aliphatic rings. The van der Waals surface area contributed by atoms with Crippen molar-refractivity contribution in [1.29, 1.82) is 0 Å². The van der Waals surface area contributed by atoms with Crippen molar-refractivity contribution in [3.63, 3.8) is 0 Å². The van der Waals surface area contributed by atoms with E-state index >= 15 is 0 Å².